The molecule has 3 heteroatoms. The van der Waals surface area contributed by atoms with Gasteiger partial charge in [-0.2, -0.15) is 0 Å². The first-order chi connectivity index (χ1) is 7.31. The van der Waals surface area contributed by atoms with E-state index in [1.807, 2.05) is 7.05 Å². The molecule has 1 fully saturated rings. The van der Waals surface area contributed by atoms with E-state index in [9.17, 15) is 0 Å². The normalized spacial score (nSPS) is 25.4. The Labute approximate surface area is 94.2 Å². The maximum atomic E-state index is 5.72. The molecule has 0 aromatic heterocycles. The van der Waals surface area contributed by atoms with Crippen LogP contribution in [0.2, 0.25) is 0 Å². The fourth-order valence-electron chi connectivity index (χ4n) is 2.40. The Bertz CT molecular complexity index is 162. The summed E-state index contributed by atoms with van der Waals surface area (Å²) in [6.45, 7) is 8.64. The van der Waals surface area contributed by atoms with Gasteiger partial charge in [0, 0.05) is 25.7 Å². The molecule has 0 bridgehead atoms. The lowest BCUT2D eigenvalue weighted by atomic mass is 10.1. The Balaban J connectivity index is 2.39. The first-order valence-corrected chi connectivity index (χ1v) is 6.32. The molecule has 1 heterocycles. The highest BCUT2D eigenvalue weighted by Crippen LogP contribution is 2.15. The van der Waals surface area contributed by atoms with Gasteiger partial charge in [-0.25, -0.2) is 0 Å². The van der Waals surface area contributed by atoms with Crippen LogP contribution < -0.4 is 5.32 Å². The van der Waals surface area contributed by atoms with Gasteiger partial charge in [0.2, 0.25) is 0 Å². The highest BCUT2D eigenvalue weighted by Gasteiger charge is 2.24. The summed E-state index contributed by atoms with van der Waals surface area (Å²) >= 11 is 0. The van der Waals surface area contributed by atoms with Crippen LogP contribution in [-0.2, 0) is 4.74 Å². The smallest absolute Gasteiger partial charge is 0.0826 e. The third-order valence-electron chi connectivity index (χ3n) is 3.21. The minimum atomic E-state index is 0.384. The highest BCUT2D eigenvalue weighted by molar-refractivity contribution is 4.78. The van der Waals surface area contributed by atoms with Crippen molar-refractivity contribution in [2.24, 2.45) is 0 Å². The van der Waals surface area contributed by atoms with E-state index < -0.39 is 0 Å². The molecule has 1 aliphatic rings. The zero-order chi connectivity index (χ0) is 11.1. The zero-order valence-electron chi connectivity index (χ0n) is 10.5. The largest absolute Gasteiger partial charge is 0.374 e. The van der Waals surface area contributed by atoms with Crippen molar-refractivity contribution in [1.29, 1.82) is 0 Å². The van der Waals surface area contributed by atoms with Crippen molar-refractivity contribution in [2.45, 2.75) is 45.3 Å². The van der Waals surface area contributed by atoms with Gasteiger partial charge in [0.15, 0.2) is 0 Å². The second kappa shape index (κ2) is 7.20. The molecule has 0 aromatic carbocycles. The lowest BCUT2D eigenvalue weighted by Gasteiger charge is -2.38. The van der Waals surface area contributed by atoms with Gasteiger partial charge in [0.25, 0.3) is 0 Å². The second-order valence-electron chi connectivity index (χ2n) is 4.40. The van der Waals surface area contributed by atoms with Crippen molar-refractivity contribution in [2.75, 3.05) is 33.3 Å². The van der Waals surface area contributed by atoms with Gasteiger partial charge in [-0.05, 0) is 19.9 Å². The molecule has 2 unspecified atom stereocenters. The first-order valence-electron chi connectivity index (χ1n) is 6.32. The molecule has 0 spiro atoms. The van der Waals surface area contributed by atoms with E-state index in [-0.39, 0.29) is 0 Å². The van der Waals surface area contributed by atoms with E-state index in [1.54, 1.807) is 0 Å². The molecule has 0 aromatic rings. The van der Waals surface area contributed by atoms with E-state index in [4.69, 9.17) is 4.74 Å². The molecule has 90 valence electrons. The van der Waals surface area contributed by atoms with Crippen LogP contribution in [0.4, 0.5) is 0 Å². The number of nitrogens with zero attached hydrogens (tertiary/aromatic N) is 1. The number of morpholine rings is 1. The van der Waals surface area contributed by atoms with Gasteiger partial charge in [0.1, 0.15) is 0 Å². The summed E-state index contributed by atoms with van der Waals surface area (Å²) in [6, 6.07) is 0.762. The summed E-state index contributed by atoms with van der Waals surface area (Å²) < 4.78 is 5.72. The Morgan fingerprint density at radius 3 is 2.87 bits per heavy atom. The van der Waals surface area contributed by atoms with Gasteiger partial charge in [-0.15, -0.1) is 0 Å². The van der Waals surface area contributed by atoms with E-state index in [0.717, 1.165) is 32.3 Å². The molecule has 0 radical (unpaired) electrons. The topological polar surface area (TPSA) is 24.5 Å². The van der Waals surface area contributed by atoms with Gasteiger partial charge in [-0.1, -0.05) is 20.3 Å². The SMILES string of the molecule is CCCC(CC)N1CCOC(CNC)C1. The lowest BCUT2D eigenvalue weighted by Crippen LogP contribution is -2.50. The molecule has 0 saturated carbocycles. The summed E-state index contributed by atoms with van der Waals surface area (Å²) in [6.07, 6.45) is 4.25. The Morgan fingerprint density at radius 1 is 1.47 bits per heavy atom. The van der Waals surface area contributed by atoms with Crippen molar-refractivity contribution < 1.29 is 4.74 Å². The van der Waals surface area contributed by atoms with Crippen molar-refractivity contribution in [3.63, 3.8) is 0 Å². The van der Waals surface area contributed by atoms with E-state index in [1.165, 1.54) is 19.3 Å². The van der Waals surface area contributed by atoms with Crippen LogP contribution in [0.1, 0.15) is 33.1 Å². The number of ether oxygens (including phenoxy) is 1. The summed E-state index contributed by atoms with van der Waals surface area (Å²) in [5.74, 6) is 0. The molecule has 1 aliphatic heterocycles. The standard InChI is InChI=1S/C12H26N2O/c1-4-6-11(5-2)14-7-8-15-12(10-14)9-13-3/h11-13H,4-10H2,1-3H3. The van der Waals surface area contributed by atoms with Gasteiger partial charge < -0.3 is 10.1 Å². The van der Waals surface area contributed by atoms with Crippen LogP contribution in [-0.4, -0.2) is 50.3 Å². The average molecular weight is 214 g/mol. The minimum Gasteiger partial charge on any atom is -0.374 e. The predicted octanol–water partition coefficient (Wildman–Crippen LogP) is 1.49. The third kappa shape index (κ3) is 4.09. The van der Waals surface area contributed by atoms with Crippen LogP contribution in [0.5, 0.6) is 0 Å². The van der Waals surface area contributed by atoms with Gasteiger partial charge in [-0.3, -0.25) is 4.90 Å². The van der Waals surface area contributed by atoms with Crippen molar-refractivity contribution in [1.82, 2.24) is 10.2 Å². The molecular weight excluding hydrogens is 188 g/mol. The summed E-state index contributed by atoms with van der Waals surface area (Å²) in [5.41, 5.74) is 0. The number of hydrogen-bond donors (Lipinski definition) is 1. The highest BCUT2D eigenvalue weighted by atomic mass is 16.5. The molecule has 1 N–H and O–H groups in total. The maximum absolute atomic E-state index is 5.72. The lowest BCUT2D eigenvalue weighted by molar-refractivity contribution is -0.0429. The number of hydrogen-bond acceptors (Lipinski definition) is 3. The summed E-state index contributed by atoms with van der Waals surface area (Å²) in [4.78, 5) is 2.61. The minimum absolute atomic E-state index is 0.384. The van der Waals surface area contributed by atoms with Crippen molar-refractivity contribution >= 4 is 0 Å². The Hall–Kier alpha value is -0.120. The van der Waals surface area contributed by atoms with Gasteiger partial charge in [0.05, 0.1) is 12.7 Å². The van der Waals surface area contributed by atoms with Crippen LogP contribution in [0.25, 0.3) is 0 Å². The van der Waals surface area contributed by atoms with E-state index in [0.29, 0.717) is 6.10 Å². The van der Waals surface area contributed by atoms with E-state index >= 15 is 0 Å². The van der Waals surface area contributed by atoms with Crippen molar-refractivity contribution in [3.05, 3.63) is 0 Å². The van der Waals surface area contributed by atoms with Crippen LogP contribution in [0.15, 0.2) is 0 Å². The fraction of sp³-hybridized carbons (Fsp3) is 1.00. The molecule has 1 saturated heterocycles. The molecule has 1 rings (SSSR count). The molecule has 0 amide bonds. The van der Waals surface area contributed by atoms with Crippen LogP contribution in [0.3, 0.4) is 0 Å². The molecule has 2 atom stereocenters. The third-order valence-corrected chi connectivity index (χ3v) is 3.21. The quantitative estimate of drug-likeness (QED) is 0.725. The predicted molar refractivity (Wildman–Crippen MR) is 64.2 cm³/mol. The first kappa shape index (κ1) is 12.9. The Kier molecular flexibility index (Phi) is 6.22. The fourth-order valence-corrected chi connectivity index (χ4v) is 2.40. The van der Waals surface area contributed by atoms with Crippen LogP contribution >= 0.6 is 0 Å². The van der Waals surface area contributed by atoms with Crippen LogP contribution in [0, 0.1) is 0 Å². The number of likely N-dealkylation sites (N-methyl/N-ethyl adjacent to an activating group) is 1. The molecule has 0 aliphatic carbocycles. The van der Waals surface area contributed by atoms with Gasteiger partial charge >= 0.3 is 0 Å². The summed E-state index contributed by atoms with van der Waals surface area (Å²) in [7, 11) is 1.99. The molecular formula is C12H26N2O. The zero-order valence-corrected chi connectivity index (χ0v) is 10.5. The van der Waals surface area contributed by atoms with Crippen molar-refractivity contribution in [3.8, 4) is 0 Å². The molecule has 3 nitrogen and oxygen atoms in total. The average Bonchev–Trinajstić information content (AvgIpc) is 2.27. The number of nitrogens with one attached hydrogen (secondary N) is 1. The monoisotopic (exact) mass is 214 g/mol. The maximum Gasteiger partial charge on any atom is 0.0826 e. The summed E-state index contributed by atoms with van der Waals surface area (Å²) in [5, 5.41) is 3.20. The number of rotatable bonds is 6. The molecule has 15 heavy (non-hydrogen) atoms. The Morgan fingerprint density at radius 2 is 2.27 bits per heavy atom. The second-order valence-corrected chi connectivity index (χ2v) is 4.40. The van der Waals surface area contributed by atoms with E-state index in [2.05, 4.69) is 24.1 Å².